The lowest BCUT2D eigenvalue weighted by atomic mass is 9.94. The van der Waals surface area contributed by atoms with Gasteiger partial charge in [0.15, 0.2) is 11.5 Å². The number of rotatable bonds is 10. The second-order valence-electron chi connectivity index (χ2n) is 10.1. The Morgan fingerprint density at radius 3 is 2.45 bits per heavy atom. The number of carbonyl (C=O) groups is 2. The van der Waals surface area contributed by atoms with Crippen molar-refractivity contribution < 1.29 is 19.1 Å². The van der Waals surface area contributed by atoms with E-state index in [1.165, 1.54) is 6.42 Å². The first kappa shape index (κ1) is 27.2. The Kier molecular flexibility index (Phi) is 8.59. The molecule has 1 aliphatic rings. The zero-order chi connectivity index (χ0) is 27.9. The molecule has 0 saturated heterocycles. The van der Waals surface area contributed by atoms with Crippen LogP contribution in [0.5, 0.6) is 11.5 Å². The highest BCUT2D eigenvalue weighted by molar-refractivity contribution is 5.90. The van der Waals surface area contributed by atoms with Gasteiger partial charge in [-0.25, -0.2) is 4.68 Å². The van der Waals surface area contributed by atoms with Crippen LogP contribution in [0.4, 0.5) is 0 Å². The number of hydrogen-bond acceptors (Lipinski definition) is 6. The monoisotopic (exact) mass is 541 g/mol. The summed E-state index contributed by atoms with van der Waals surface area (Å²) in [4.78, 5) is 30.0. The molecule has 9 heteroatoms. The van der Waals surface area contributed by atoms with Crippen LogP contribution in [0, 0.1) is 0 Å². The number of para-hydroxylation sites is 2. The Balaban J connectivity index is 1.58. The van der Waals surface area contributed by atoms with E-state index in [4.69, 9.17) is 9.47 Å². The van der Waals surface area contributed by atoms with Crippen LogP contribution in [0.15, 0.2) is 72.8 Å². The predicted molar refractivity (Wildman–Crippen MR) is 152 cm³/mol. The number of aromatic nitrogens is 3. The first-order valence-corrected chi connectivity index (χ1v) is 13.7. The molecule has 2 amide bonds. The molecule has 0 unspecified atom stereocenters. The largest absolute Gasteiger partial charge is 0.493 e. The Hall–Kier alpha value is -4.40. The molecule has 0 radical (unpaired) electrons. The number of methoxy groups -OCH3 is 2. The zero-order valence-electron chi connectivity index (χ0n) is 23.0. The van der Waals surface area contributed by atoms with Crippen LogP contribution in [0.3, 0.4) is 0 Å². The van der Waals surface area contributed by atoms with Crippen LogP contribution in [0.2, 0.25) is 0 Å². The summed E-state index contributed by atoms with van der Waals surface area (Å²) in [6.07, 6.45) is 5.16. The van der Waals surface area contributed by atoms with Gasteiger partial charge in [-0.15, -0.1) is 5.10 Å². The molecule has 1 heterocycles. The van der Waals surface area contributed by atoms with Crippen molar-refractivity contribution in [2.75, 3.05) is 14.2 Å². The molecule has 1 fully saturated rings. The first-order valence-electron chi connectivity index (χ1n) is 13.7. The zero-order valence-corrected chi connectivity index (χ0v) is 23.0. The highest BCUT2D eigenvalue weighted by atomic mass is 16.5. The molecule has 1 atom stereocenters. The molecule has 9 nitrogen and oxygen atoms in total. The number of ether oxygens (including phenoxy) is 2. The molecule has 4 aromatic rings. The van der Waals surface area contributed by atoms with Crippen molar-refractivity contribution in [3.63, 3.8) is 0 Å². The van der Waals surface area contributed by atoms with Crippen LogP contribution in [-0.2, 0) is 22.7 Å². The summed E-state index contributed by atoms with van der Waals surface area (Å²) in [6.45, 7) is 0.141. The standard InChI is InChI=1S/C31H35N5O4/c1-39-27-19-11-16-24(30(27)40-2)29(31(38)32-23-14-7-4-8-15-23)35(20-22-12-5-3-6-13-22)28(37)21-36-26-18-10-9-17-25(26)33-34-36/h3,5-6,9-13,16-19,23,29H,4,7-8,14-15,20-21H2,1-2H3,(H,32,38)/t29-/m1/s1. The van der Waals surface area contributed by atoms with E-state index in [1.807, 2.05) is 66.7 Å². The third kappa shape index (κ3) is 5.93. The van der Waals surface area contributed by atoms with E-state index >= 15 is 0 Å². The highest BCUT2D eigenvalue weighted by Crippen LogP contribution is 2.38. The highest BCUT2D eigenvalue weighted by Gasteiger charge is 2.36. The van der Waals surface area contributed by atoms with Gasteiger partial charge in [0.2, 0.25) is 11.8 Å². The summed E-state index contributed by atoms with van der Waals surface area (Å²) in [5.41, 5.74) is 2.91. The topological polar surface area (TPSA) is 98.6 Å². The molecule has 1 aromatic heterocycles. The minimum atomic E-state index is -0.963. The van der Waals surface area contributed by atoms with Crippen LogP contribution in [0.1, 0.15) is 49.3 Å². The molecule has 1 saturated carbocycles. The van der Waals surface area contributed by atoms with Gasteiger partial charge in [0.05, 0.1) is 19.7 Å². The van der Waals surface area contributed by atoms with E-state index in [-0.39, 0.29) is 30.9 Å². The van der Waals surface area contributed by atoms with Gasteiger partial charge >= 0.3 is 0 Å². The SMILES string of the molecule is COc1cccc([C@H](C(=O)NC2CCCCC2)N(Cc2ccccc2)C(=O)Cn2nnc3ccccc32)c1OC. The van der Waals surface area contributed by atoms with E-state index in [2.05, 4.69) is 15.6 Å². The van der Waals surface area contributed by atoms with Crippen molar-refractivity contribution in [1.29, 1.82) is 0 Å². The smallest absolute Gasteiger partial charge is 0.247 e. The normalized spacial score (nSPS) is 14.4. The molecule has 1 N–H and O–H groups in total. The predicted octanol–water partition coefficient (Wildman–Crippen LogP) is 4.67. The number of nitrogens with one attached hydrogen (secondary N) is 1. The van der Waals surface area contributed by atoms with E-state index in [0.717, 1.165) is 36.8 Å². The maximum atomic E-state index is 14.2. The number of fused-ring (bicyclic) bond motifs is 1. The van der Waals surface area contributed by atoms with Crippen molar-refractivity contribution in [2.24, 2.45) is 0 Å². The Morgan fingerprint density at radius 1 is 0.950 bits per heavy atom. The van der Waals surface area contributed by atoms with Crippen molar-refractivity contribution >= 4 is 22.8 Å². The van der Waals surface area contributed by atoms with Gasteiger partial charge in [0.1, 0.15) is 18.1 Å². The maximum Gasteiger partial charge on any atom is 0.247 e. The number of carbonyl (C=O) groups excluding carboxylic acids is 2. The van der Waals surface area contributed by atoms with Crippen LogP contribution in [-0.4, -0.2) is 52.0 Å². The quantitative estimate of drug-likeness (QED) is 0.313. The van der Waals surface area contributed by atoms with Gasteiger partial charge in [-0.2, -0.15) is 0 Å². The average molecular weight is 542 g/mol. The molecule has 0 spiro atoms. The Labute approximate surface area is 234 Å². The number of amides is 2. The van der Waals surface area contributed by atoms with Crippen molar-refractivity contribution in [3.05, 3.63) is 83.9 Å². The lowest BCUT2D eigenvalue weighted by Gasteiger charge is -2.34. The fourth-order valence-electron chi connectivity index (χ4n) is 5.46. The van der Waals surface area contributed by atoms with E-state index < -0.39 is 6.04 Å². The molecule has 40 heavy (non-hydrogen) atoms. The second-order valence-corrected chi connectivity index (χ2v) is 10.1. The number of benzene rings is 3. The molecule has 0 aliphatic heterocycles. The van der Waals surface area contributed by atoms with Crippen molar-refractivity contribution in [3.8, 4) is 11.5 Å². The van der Waals surface area contributed by atoms with Gasteiger partial charge in [-0.05, 0) is 36.6 Å². The van der Waals surface area contributed by atoms with E-state index in [1.54, 1.807) is 29.9 Å². The summed E-state index contributed by atoms with van der Waals surface area (Å²) in [5.74, 6) is 0.398. The molecular weight excluding hydrogens is 506 g/mol. The summed E-state index contributed by atoms with van der Waals surface area (Å²) in [6, 6.07) is 21.7. The van der Waals surface area contributed by atoms with Gasteiger partial charge < -0.3 is 19.7 Å². The number of nitrogens with zero attached hydrogens (tertiary/aromatic N) is 4. The van der Waals surface area contributed by atoms with Gasteiger partial charge in [-0.3, -0.25) is 9.59 Å². The molecule has 0 bridgehead atoms. The lowest BCUT2D eigenvalue weighted by molar-refractivity contribution is -0.142. The molecular formula is C31H35N5O4. The molecule has 3 aromatic carbocycles. The van der Waals surface area contributed by atoms with Gasteiger partial charge in [0.25, 0.3) is 0 Å². The van der Waals surface area contributed by atoms with Crippen LogP contribution < -0.4 is 14.8 Å². The Morgan fingerprint density at radius 2 is 1.70 bits per heavy atom. The van der Waals surface area contributed by atoms with Gasteiger partial charge in [-0.1, -0.05) is 79.1 Å². The molecule has 5 rings (SSSR count). The third-order valence-corrected chi connectivity index (χ3v) is 7.46. The first-order chi connectivity index (χ1) is 19.6. The summed E-state index contributed by atoms with van der Waals surface area (Å²) in [7, 11) is 3.10. The summed E-state index contributed by atoms with van der Waals surface area (Å²) in [5, 5.41) is 11.7. The second kappa shape index (κ2) is 12.6. The fraction of sp³-hybridized carbons (Fsp3) is 0.355. The number of hydrogen-bond donors (Lipinski definition) is 1. The minimum Gasteiger partial charge on any atom is -0.493 e. The molecule has 208 valence electrons. The third-order valence-electron chi connectivity index (χ3n) is 7.46. The van der Waals surface area contributed by atoms with E-state index in [0.29, 0.717) is 22.6 Å². The average Bonchev–Trinajstić information content (AvgIpc) is 3.40. The van der Waals surface area contributed by atoms with Crippen molar-refractivity contribution in [2.45, 2.75) is 57.3 Å². The van der Waals surface area contributed by atoms with Crippen molar-refractivity contribution in [1.82, 2.24) is 25.2 Å². The fourth-order valence-corrected chi connectivity index (χ4v) is 5.46. The van der Waals surface area contributed by atoms with Crippen LogP contribution >= 0.6 is 0 Å². The molecule has 1 aliphatic carbocycles. The van der Waals surface area contributed by atoms with Gasteiger partial charge in [0, 0.05) is 18.2 Å². The lowest BCUT2D eigenvalue weighted by Crippen LogP contribution is -2.47. The minimum absolute atomic E-state index is 0.0632. The van der Waals surface area contributed by atoms with E-state index in [9.17, 15) is 9.59 Å². The maximum absolute atomic E-state index is 14.2. The summed E-state index contributed by atoms with van der Waals surface area (Å²) < 4.78 is 12.9. The van der Waals surface area contributed by atoms with Crippen LogP contribution in [0.25, 0.3) is 11.0 Å². The Bertz CT molecular complexity index is 1450. The summed E-state index contributed by atoms with van der Waals surface area (Å²) >= 11 is 0.